The molecule has 1 aliphatic carbocycles. The minimum absolute atomic E-state index is 0.0398. The molecule has 6 nitrogen and oxygen atoms in total. The zero-order valence-corrected chi connectivity index (χ0v) is 16.4. The molecule has 9 heteroatoms. The predicted octanol–water partition coefficient (Wildman–Crippen LogP) is 3.50. The van der Waals surface area contributed by atoms with Gasteiger partial charge in [-0.15, -0.1) is 0 Å². The number of hydrogen-bond donors (Lipinski definition) is 2. The number of rotatable bonds is 3. The van der Waals surface area contributed by atoms with Crippen molar-refractivity contribution in [3.05, 3.63) is 29.4 Å². The third-order valence-corrected chi connectivity index (χ3v) is 7.37. The standard InChI is InChI=1S/C18H22ClFN6S/c19-14-11(3-7-23-15(14)20)27-17-16(22)25-13(10-24-17)26-8-5-18(6-9-26)4-1-2-12(18)21/h3,7,10,12H,1-2,4-6,8-9,21H2,(H2,22,25). The molecule has 0 radical (unpaired) electrons. The molecule has 1 saturated carbocycles. The summed E-state index contributed by atoms with van der Waals surface area (Å²) in [6.07, 6.45) is 8.84. The van der Waals surface area contributed by atoms with Gasteiger partial charge < -0.3 is 16.4 Å². The normalized spacial score (nSPS) is 21.7. The summed E-state index contributed by atoms with van der Waals surface area (Å²) in [6, 6.07) is 1.94. The Balaban J connectivity index is 1.47. The van der Waals surface area contributed by atoms with E-state index in [1.807, 2.05) is 0 Å². The van der Waals surface area contributed by atoms with Gasteiger partial charge in [-0.1, -0.05) is 29.8 Å². The number of anilines is 2. The highest BCUT2D eigenvalue weighted by molar-refractivity contribution is 7.99. The molecule has 2 aliphatic rings. The number of nitrogens with two attached hydrogens (primary N) is 2. The van der Waals surface area contributed by atoms with Crippen LogP contribution in [0.3, 0.4) is 0 Å². The van der Waals surface area contributed by atoms with E-state index in [9.17, 15) is 4.39 Å². The van der Waals surface area contributed by atoms with Crippen LogP contribution in [0.5, 0.6) is 0 Å². The number of nitrogens with zero attached hydrogens (tertiary/aromatic N) is 4. The van der Waals surface area contributed by atoms with E-state index in [0.717, 1.165) is 38.2 Å². The van der Waals surface area contributed by atoms with Crippen LogP contribution in [-0.4, -0.2) is 34.1 Å². The summed E-state index contributed by atoms with van der Waals surface area (Å²) < 4.78 is 13.5. The highest BCUT2D eigenvalue weighted by Gasteiger charge is 2.43. The molecule has 1 unspecified atom stereocenters. The van der Waals surface area contributed by atoms with E-state index in [-0.39, 0.29) is 5.02 Å². The van der Waals surface area contributed by atoms with Crippen molar-refractivity contribution in [2.75, 3.05) is 23.7 Å². The Labute approximate surface area is 166 Å². The largest absolute Gasteiger partial charge is 0.381 e. The second-order valence-corrected chi connectivity index (χ2v) is 8.69. The Bertz CT molecular complexity index is 843. The SMILES string of the molecule is Nc1nc(N2CCC3(CCCC3N)CC2)cnc1Sc1ccnc(F)c1Cl. The van der Waals surface area contributed by atoms with Crippen molar-refractivity contribution in [3.63, 3.8) is 0 Å². The third kappa shape index (κ3) is 3.58. The van der Waals surface area contributed by atoms with Gasteiger partial charge in [0.05, 0.1) is 6.20 Å². The minimum Gasteiger partial charge on any atom is -0.381 e. The van der Waals surface area contributed by atoms with Gasteiger partial charge in [-0.05, 0) is 37.2 Å². The molecule has 0 aromatic carbocycles. The number of piperidine rings is 1. The molecule has 4 N–H and O–H groups in total. The Morgan fingerprint density at radius 3 is 2.70 bits per heavy atom. The van der Waals surface area contributed by atoms with E-state index in [4.69, 9.17) is 23.1 Å². The number of hydrogen-bond acceptors (Lipinski definition) is 7. The lowest BCUT2D eigenvalue weighted by molar-refractivity contribution is 0.197. The van der Waals surface area contributed by atoms with E-state index >= 15 is 0 Å². The van der Waals surface area contributed by atoms with E-state index < -0.39 is 5.95 Å². The first-order valence-electron chi connectivity index (χ1n) is 9.09. The first-order chi connectivity index (χ1) is 13.0. The van der Waals surface area contributed by atoms with Crippen LogP contribution in [0.4, 0.5) is 16.0 Å². The van der Waals surface area contributed by atoms with E-state index in [0.29, 0.717) is 27.2 Å². The molecule has 1 saturated heterocycles. The lowest BCUT2D eigenvalue weighted by Gasteiger charge is -2.42. The smallest absolute Gasteiger partial charge is 0.232 e. The fraction of sp³-hybridized carbons (Fsp3) is 0.500. The zero-order valence-electron chi connectivity index (χ0n) is 14.9. The quantitative estimate of drug-likeness (QED) is 0.750. The van der Waals surface area contributed by atoms with Crippen molar-refractivity contribution < 1.29 is 4.39 Å². The van der Waals surface area contributed by atoms with Crippen molar-refractivity contribution in [2.45, 2.75) is 48.1 Å². The molecule has 2 fully saturated rings. The Morgan fingerprint density at radius 2 is 2.04 bits per heavy atom. The van der Waals surface area contributed by atoms with Crippen LogP contribution in [0.1, 0.15) is 32.1 Å². The van der Waals surface area contributed by atoms with Crippen LogP contribution in [0.25, 0.3) is 0 Å². The number of nitrogen functional groups attached to an aromatic ring is 1. The molecule has 144 valence electrons. The van der Waals surface area contributed by atoms with Crippen LogP contribution < -0.4 is 16.4 Å². The monoisotopic (exact) mass is 408 g/mol. The molecular weight excluding hydrogens is 387 g/mol. The fourth-order valence-corrected chi connectivity index (χ4v) is 5.16. The summed E-state index contributed by atoms with van der Waals surface area (Å²) in [4.78, 5) is 15.2. The van der Waals surface area contributed by atoms with Crippen molar-refractivity contribution in [2.24, 2.45) is 11.1 Å². The average Bonchev–Trinajstić information content (AvgIpc) is 3.01. The van der Waals surface area contributed by atoms with E-state index in [2.05, 4.69) is 19.9 Å². The van der Waals surface area contributed by atoms with Gasteiger partial charge in [-0.25, -0.2) is 15.0 Å². The van der Waals surface area contributed by atoms with Crippen LogP contribution in [0.2, 0.25) is 5.02 Å². The van der Waals surface area contributed by atoms with Crippen molar-refractivity contribution in [3.8, 4) is 0 Å². The van der Waals surface area contributed by atoms with Gasteiger partial charge in [-0.3, -0.25) is 0 Å². The van der Waals surface area contributed by atoms with Gasteiger partial charge in [-0.2, -0.15) is 4.39 Å². The molecule has 0 bridgehead atoms. The third-order valence-electron chi connectivity index (χ3n) is 5.83. The van der Waals surface area contributed by atoms with Crippen LogP contribution in [-0.2, 0) is 0 Å². The summed E-state index contributed by atoms with van der Waals surface area (Å²) in [7, 11) is 0. The number of aromatic nitrogens is 3. The van der Waals surface area contributed by atoms with Crippen LogP contribution in [0.15, 0.2) is 28.4 Å². The maximum atomic E-state index is 13.5. The van der Waals surface area contributed by atoms with Crippen molar-refractivity contribution in [1.29, 1.82) is 0 Å². The van der Waals surface area contributed by atoms with E-state index in [1.54, 1.807) is 12.3 Å². The maximum Gasteiger partial charge on any atom is 0.232 e. The topological polar surface area (TPSA) is 94.0 Å². The lowest BCUT2D eigenvalue weighted by Crippen LogP contribution is -2.47. The summed E-state index contributed by atoms with van der Waals surface area (Å²) in [5.41, 5.74) is 12.8. The molecule has 2 aromatic heterocycles. The molecule has 2 aromatic rings. The van der Waals surface area contributed by atoms with Gasteiger partial charge >= 0.3 is 0 Å². The summed E-state index contributed by atoms with van der Waals surface area (Å²) in [5, 5.41) is 0.458. The van der Waals surface area contributed by atoms with Gasteiger partial charge in [0.1, 0.15) is 15.9 Å². The maximum absolute atomic E-state index is 13.5. The first kappa shape index (κ1) is 18.7. The molecule has 0 amide bonds. The lowest BCUT2D eigenvalue weighted by atomic mass is 9.74. The Kier molecular flexibility index (Phi) is 5.13. The van der Waals surface area contributed by atoms with Gasteiger partial charge in [0.15, 0.2) is 5.82 Å². The van der Waals surface area contributed by atoms with E-state index in [1.165, 1.54) is 30.8 Å². The molecule has 1 aliphatic heterocycles. The highest BCUT2D eigenvalue weighted by atomic mass is 35.5. The second kappa shape index (κ2) is 7.41. The van der Waals surface area contributed by atoms with Gasteiger partial charge in [0, 0.05) is 30.2 Å². The minimum atomic E-state index is -0.711. The van der Waals surface area contributed by atoms with Crippen LogP contribution >= 0.6 is 23.4 Å². The Morgan fingerprint density at radius 1 is 1.26 bits per heavy atom. The highest BCUT2D eigenvalue weighted by Crippen LogP contribution is 2.46. The van der Waals surface area contributed by atoms with Gasteiger partial charge in [0.2, 0.25) is 5.95 Å². The summed E-state index contributed by atoms with van der Waals surface area (Å²) >= 11 is 7.13. The summed E-state index contributed by atoms with van der Waals surface area (Å²) in [5.74, 6) is 0.367. The van der Waals surface area contributed by atoms with Gasteiger partial charge in [0.25, 0.3) is 0 Å². The average molecular weight is 409 g/mol. The summed E-state index contributed by atoms with van der Waals surface area (Å²) in [6.45, 7) is 1.82. The molecule has 3 heterocycles. The predicted molar refractivity (Wildman–Crippen MR) is 105 cm³/mol. The Hall–Kier alpha value is -1.64. The second-order valence-electron chi connectivity index (χ2n) is 7.28. The molecule has 27 heavy (non-hydrogen) atoms. The zero-order chi connectivity index (χ0) is 19.0. The fourth-order valence-electron chi connectivity index (χ4n) is 4.17. The molecular formula is C18H22ClFN6S. The van der Waals surface area contributed by atoms with Crippen molar-refractivity contribution in [1.82, 2.24) is 15.0 Å². The molecule has 1 atom stereocenters. The number of pyridine rings is 1. The van der Waals surface area contributed by atoms with Crippen molar-refractivity contribution >= 4 is 35.0 Å². The molecule has 1 spiro atoms. The van der Waals surface area contributed by atoms with Crippen LogP contribution in [0, 0.1) is 11.4 Å². The first-order valence-corrected chi connectivity index (χ1v) is 10.3. The number of halogens is 2. The molecule has 4 rings (SSSR count).